The van der Waals surface area contributed by atoms with Crippen molar-refractivity contribution in [3.63, 3.8) is 0 Å². The minimum atomic E-state index is -0.115. The van der Waals surface area contributed by atoms with Crippen LogP contribution >= 0.6 is 0 Å². The number of ether oxygens (including phenoxy) is 1. The Morgan fingerprint density at radius 1 is 1.38 bits per heavy atom. The van der Waals surface area contributed by atoms with Gasteiger partial charge in [0.2, 0.25) is 0 Å². The summed E-state index contributed by atoms with van der Waals surface area (Å²) < 4.78 is 5.74. The average molecular weight is 330 g/mol. The van der Waals surface area contributed by atoms with Crippen LogP contribution in [0.4, 0.5) is 0 Å². The van der Waals surface area contributed by atoms with Crippen molar-refractivity contribution in [1.82, 2.24) is 20.4 Å². The first-order valence-corrected chi connectivity index (χ1v) is 8.63. The first kappa shape index (κ1) is 16.9. The van der Waals surface area contributed by atoms with Gasteiger partial charge in [0.1, 0.15) is 0 Å². The molecule has 1 saturated heterocycles. The van der Waals surface area contributed by atoms with Crippen LogP contribution in [0.2, 0.25) is 0 Å². The lowest BCUT2D eigenvalue weighted by atomic mass is 10.1. The van der Waals surface area contributed by atoms with Gasteiger partial charge in [0.25, 0.3) is 5.91 Å². The van der Waals surface area contributed by atoms with E-state index in [1.165, 1.54) is 0 Å². The number of carbonyl (C=O) groups is 1. The van der Waals surface area contributed by atoms with Crippen molar-refractivity contribution in [2.75, 3.05) is 26.2 Å². The third-order valence-electron chi connectivity index (χ3n) is 4.37. The first-order valence-electron chi connectivity index (χ1n) is 8.63. The summed E-state index contributed by atoms with van der Waals surface area (Å²) >= 11 is 0. The molecule has 0 aliphatic carbocycles. The Balaban J connectivity index is 1.49. The molecule has 1 amide bonds. The lowest BCUT2D eigenvalue weighted by Crippen LogP contribution is -2.46. The lowest BCUT2D eigenvalue weighted by molar-refractivity contribution is -0.0679. The van der Waals surface area contributed by atoms with E-state index in [2.05, 4.69) is 34.3 Å². The average Bonchev–Trinajstić information content (AvgIpc) is 2.93. The summed E-state index contributed by atoms with van der Waals surface area (Å²) in [5, 5.41) is 10.9. The fraction of sp³-hybridized carbons (Fsp3) is 0.556. The first-order chi connectivity index (χ1) is 11.5. The predicted molar refractivity (Wildman–Crippen MR) is 94.2 cm³/mol. The van der Waals surface area contributed by atoms with Crippen LogP contribution in [0, 0.1) is 6.92 Å². The molecule has 1 fully saturated rings. The van der Waals surface area contributed by atoms with Gasteiger partial charge >= 0.3 is 0 Å². The van der Waals surface area contributed by atoms with E-state index in [0.29, 0.717) is 12.2 Å². The van der Waals surface area contributed by atoms with E-state index in [-0.39, 0.29) is 18.1 Å². The van der Waals surface area contributed by atoms with Gasteiger partial charge in [-0.1, -0.05) is 11.6 Å². The Hall–Kier alpha value is -1.92. The molecule has 1 aromatic heterocycles. The number of benzene rings is 1. The molecule has 1 aliphatic heterocycles. The van der Waals surface area contributed by atoms with Gasteiger partial charge in [-0.25, -0.2) is 0 Å². The highest BCUT2D eigenvalue weighted by atomic mass is 16.5. The van der Waals surface area contributed by atoms with Gasteiger partial charge in [-0.15, -0.1) is 0 Å². The summed E-state index contributed by atoms with van der Waals surface area (Å²) in [4.78, 5) is 14.8. The quantitative estimate of drug-likeness (QED) is 0.824. The Labute approximate surface area is 142 Å². The molecule has 0 saturated carbocycles. The summed E-state index contributed by atoms with van der Waals surface area (Å²) in [6.45, 7) is 9.77. The molecule has 2 N–H and O–H groups in total. The number of hydrogen-bond donors (Lipinski definition) is 2. The zero-order chi connectivity index (χ0) is 17.1. The van der Waals surface area contributed by atoms with E-state index in [0.717, 1.165) is 42.5 Å². The largest absolute Gasteiger partial charge is 0.373 e. The fourth-order valence-corrected chi connectivity index (χ4v) is 3.36. The molecule has 6 heteroatoms. The number of amides is 1. The molecule has 0 bridgehead atoms. The number of carbonyl (C=O) groups excluding carboxylic acids is 1. The van der Waals surface area contributed by atoms with Crippen molar-refractivity contribution in [2.24, 2.45) is 0 Å². The molecule has 1 aliphatic rings. The summed E-state index contributed by atoms with van der Waals surface area (Å²) in [7, 11) is 0. The van der Waals surface area contributed by atoms with Crippen molar-refractivity contribution >= 4 is 16.8 Å². The predicted octanol–water partition coefficient (Wildman–Crippen LogP) is 2.10. The molecular weight excluding hydrogens is 304 g/mol. The molecular formula is C18H26N4O2. The van der Waals surface area contributed by atoms with Crippen LogP contribution in [0.3, 0.4) is 0 Å². The number of H-pyrrole nitrogens is 1. The second-order valence-electron chi connectivity index (χ2n) is 6.75. The van der Waals surface area contributed by atoms with E-state index < -0.39 is 0 Å². The number of aryl methyl sites for hydroxylation is 1. The topological polar surface area (TPSA) is 70.2 Å². The smallest absolute Gasteiger partial charge is 0.272 e. The molecule has 2 unspecified atom stereocenters. The van der Waals surface area contributed by atoms with Gasteiger partial charge in [-0.2, -0.15) is 5.10 Å². The van der Waals surface area contributed by atoms with Gasteiger partial charge in [-0.3, -0.25) is 14.8 Å². The van der Waals surface area contributed by atoms with Crippen LogP contribution in [-0.2, 0) is 4.74 Å². The molecule has 3 rings (SSSR count). The number of rotatable bonds is 5. The van der Waals surface area contributed by atoms with Crippen molar-refractivity contribution in [3.05, 3.63) is 29.5 Å². The van der Waals surface area contributed by atoms with Gasteiger partial charge in [0.15, 0.2) is 5.69 Å². The molecule has 2 aromatic rings. The minimum absolute atomic E-state index is 0.115. The molecule has 1 aromatic carbocycles. The standard InChI is InChI=1S/C18H26N4O2/c1-12-5-6-16-15(9-12)17(21-20-16)18(23)19-7-4-8-22-10-13(2)24-14(3)11-22/h5-6,9,13-14H,4,7-8,10-11H2,1-3H3,(H,19,23)(H,20,21). The monoisotopic (exact) mass is 330 g/mol. The van der Waals surface area contributed by atoms with Crippen molar-refractivity contribution < 1.29 is 9.53 Å². The molecule has 24 heavy (non-hydrogen) atoms. The van der Waals surface area contributed by atoms with E-state index in [9.17, 15) is 4.79 Å². The van der Waals surface area contributed by atoms with Crippen LogP contribution in [0.25, 0.3) is 10.9 Å². The number of nitrogens with zero attached hydrogens (tertiary/aromatic N) is 2. The van der Waals surface area contributed by atoms with Crippen molar-refractivity contribution in [3.8, 4) is 0 Å². The highest BCUT2D eigenvalue weighted by molar-refractivity contribution is 6.04. The highest BCUT2D eigenvalue weighted by Crippen LogP contribution is 2.17. The maximum atomic E-state index is 12.4. The number of hydrogen-bond acceptors (Lipinski definition) is 4. The lowest BCUT2D eigenvalue weighted by Gasteiger charge is -2.35. The molecule has 130 valence electrons. The normalized spacial score (nSPS) is 22.0. The second kappa shape index (κ2) is 7.32. The molecule has 2 atom stereocenters. The maximum Gasteiger partial charge on any atom is 0.272 e. The Kier molecular flexibility index (Phi) is 5.16. The SMILES string of the molecule is Cc1ccc2[nH]nc(C(=O)NCCCN3CC(C)OC(C)C3)c2c1. The molecule has 0 spiro atoms. The third-order valence-corrected chi connectivity index (χ3v) is 4.37. The zero-order valence-corrected chi connectivity index (χ0v) is 14.6. The van der Waals surface area contributed by atoms with Crippen molar-refractivity contribution in [2.45, 2.75) is 39.4 Å². The van der Waals surface area contributed by atoms with Gasteiger partial charge in [0.05, 0.1) is 17.7 Å². The number of morpholine rings is 1. The van der Waals surface area contributed by atoms with E-state index in [1.807, 2.05) is 25.1 Å². The molecule has 0 radical (unpaired) electrons. The van der Waals surface area contributed by atoms with E-state index >= 15 is 0 Å². The number of aromatic amines is 1. The number of fused-ring (bicyclic) bond motifs is 1. The number of aromatic nitrogens is 2. The molecule has 2 heterocycles. The van der Waals surface area contributed by atoms with Crippen LogP contribution in [0.1, 0.15) is 36.3 Å². The van der Waals surface area contributed by atoms with Gasteiger partial charge < -0.3 is 10.1 Å². The summed E-state index contributed by atoms with van der Waals surface area (Å²) in [5.74, 6) is -0.115. The molecule has 6 nitrogen and oxygen atoms in total. The van der Waals surface area contributed by atoms with Crippen LogP contribution in [0.5, 0.6) is 0 Å². The Bertz CT molecular complexity index is 702. The minimum Gasteiger partial charge on any atom is -0.373 e. The van der Waals surface area contributed by atoms with Crippen LogP contribution in [-0.4, -0.2) is 59.4 Å². The fourth-order valence-electron chi connectivity index (χ4n) is 3.36. The Morgan fingerprint density at radius 2 is 2.12 bits per heavy atom. The van der Waals surface area contributed by atoms with Crippen molar-refractivity contribution in [1.29, 1.82) is 0 Å². The van der Waals surface area contributed by atoms with Gasteiger partial charge in [0, 0.05) is 31.6 Å². The summed E-state index contributed by atoms with van der Waals surface area (Å²) in [6, 6.07) is 5.95. The van der Waals surface area contributed by atoms with Crippen LogP contribution in [0.15, 0.2) is 18.2 Å². The zero-order valence-electron chi connectivity index (χ0n) is 14.6. The maximum absolute atomic E-state index is 12.4. The number of nitrogens with one attached hydrogen (secondary N) is 2. The second-order valence-corrected chi connectivity index (χ2v) is 6.75. The summed E-state index contributed by atoms with van der Waals surface area (Å²) in [6.07, 6.45) is 1.48. The Morgan fingerprint density at radius 3 is 2.88 bits per heavy atom. The highest BCUT2D eigenvalue weighted by Gasteiger charge is 2.21. The van der Waals surface area contributed by atoms with Gasteiger partial charge in [-0.05, 0) is 39.3 Å². The van der Waals surface area contributed by atoms with E-state index in [1.54, 1.807) is 0 Å². The van der Waals surface area contributed by atoms with E-state index in [4.69, 9.17) is 4.74 Å². The third kappa shape index (κ3) is 3.94. The van der Waals surface area contributed by atoms with Crippen LogP contribution < -0.4 is 5.32 Å². The summed E-state index contributed by atoms with van der Waals surface area (Å²) in [5.41, 5.74) is 2.48.